The highest BCUT2D eigenvalue weighted by atomic mass is 16.5. The van der Waals surface area contributed by atoms with E-state index in [0.717, 1.165) is 39.1 Å². The van der Waals surface area contributed by atoms with Gasteiger partial charge in [-0.15, -0.1) is 0 Å². The van der Waals surface area contributed by atoms with Crippen LogP contribution in [0.1, 0.15) is 28.9 Å². The quantitative estimate of drug-likeness (QED) is 0.814. The predicted molar refractivity (Wildman–Crippen MR) is 85.2 cm³/mol. The highest BCUT2D eigenvalue weighted by Crippen LogP contribution is 2.15. The highest BCUT2D eigenvalue weighted by Gasteiger charge is 2.20. The second kappa shape index (κ2) is 8.10. The fourth-order valence-electron chi connectivity index (χ4n) is 2.89. The van der Waals surface area contributed by atoms with Crippen molar-refractivity contribution in [1.82, 2.24) is 15.2 Å². The molecule has 1 aliphatic rings. The van der Waals surface area contributed by atoms with Crippen molar-refractivity contribution in [3.63, 3.8) is 0 Å². The number of ether oxygens (including phenoxy) is 1. The molecule has 2 N–H and O–H groups in total. The first-order valence-electron chi connectivity index (χ1n) is 7.79. The van der Waals surface area contributed by atoms with E-state index in [9.17, 15) is 9.59 Å². The molecule has 1 saturated heterocycles. The molecule has 2 rings (SSSR count). The van der Waals surface area contributed by atoms with Gasteiger partial charge < -0.3 is 19.9 Å². The van der Waals surface area contributed by atoms with E-state index in [0.29, 0.717) is 23.7 Å². The topological polar surface area (TPSA) is 74.4 Å². The molecule has 0 spiro atoms. The summed E-state index contributed by atoms with van der Waals surface area (Å²) in [6, 6.07) is 3.04. The Hall–Kier alpha value is -1.66. The monoisotopic (exact) mass is 307 g/mol. The molecule has 0 saturated carbocycles. The third-order valence-electron chi connectivity index (χ3n) is 4.01. The van der Waals surface area contributed by atoms with Crippen molar-refractivity contribution < 1.29 is 9.53 Å². The lowest BCUT2D eigenvalue weighted by Gasteiger charge is -2.32. The Balaban J connectivity index is 1.84. The number of likely N-dealkylation sites (tertiary alicyclic amines) is 1. The van der Waals surface area contributed by atoms with E-state index in [1.54, 1.807) is 20.1 Å². The molecule has 22 heavy (non-hydrogen) atoms. The van der Waals surface area contributed by atoms with Gasteiger partial charge in [-0.05, 0) is 38.3 Å². The van der Waals surface area contributed by atoms with E-state index < -0.39 is 0 Å². The number of aromatic amines is 1. The van der Waals surface area contributed by atoms with Gasteiger partial charge in [-0.2, -0.15) is 0 Å². The fourth-order valence-corrected chi connectivity index (χ4v) is 2.89. The highest BCUT2D eigenvalue weighted by molar-refractivity contribution is 5.94. The molecule has 6 nitrogen and oxygen atoms in total. The number of pyridine rings is 1. The van der Waals surface area contributed by atoms with Crippen molar-refractivity contribution in [3.05, 3.63) is 33.7 Å². The molecular weight excluding hydrogens is 282 g/mol. The summed E-state index contributed by atoms with van der Waals surface area (Å²) >= 11 is 0. The number of nitrogens with one attached hydrogen (secondary N) is 2. The Morgan fingerprint density at radius 3 is 3.05 bits per heavy atom. The lowest BCUT2D eigenvalue weighted by atomic mass is 9.98. The second-order valence-electron chi connectivity index (χ2n) is 5.93. The zero-order valence-electron chi connectivity index (χ0n) is 13.4. The Kier molecular flexibility index (Phi) is 6.15. The van der Waals surface area contributed by atoms with Crippen LogP contribution in [0, 0.1) is 12.8 Å². The number of methoxy groups -OCH3 is 1. The third kappa shape index (κ3) is 4.96. The van der Waals surface area contributed by atoms with Crippen LogP contribution in [0.2, 0.25) is 0 Å². The molecule has 1 atom stereocenters. The number of carbonyl (C=O) groups excluding carboxylic acids is 1. The van der Waals surface area contributed by atoms with Crippen LogP contribution < -0.4 is 10.9 Å². The number of nitrogens with zero attached hydrogens (tertiary/aromatic N) is 1. The number of aryl methyl sites for hydroxylation is 1. The molecular formula is C16H25N3O3. The van der Waals surface area contributed by atoms with E-state index in [2.05, 4.69) is 15.2 Å². The average molecular weight is 307 g/mol. The second-order valence-corrected chi connectivity index (χ2v) is 5.93. The molecule has 0 bridgehead atoms. The molecule has 1 aliphatic heterocycles. The third-order valence-corrected chi connectivity index (χ3v) is 4.01. The van der Waals surface area contributed by atoms with Crippen LogP contribution in [0.15, 0.2) is 16.9 Å². The molecule has 0 aliphatic carbocycles. The zero-order valence-corrected chi connectivity index (χ0v) is 13.4. The summed E-state index contributed by atoms with van der Waals surface area (Å²) < 4.78 is 5.11. The van der Waals surface area contributed by atoms with Crippen molar-refractivity contribution in [2.75, 3.05) is 39.9 Å². The molecule has 1 aromatic rings. The van der Waals surface area contributed by atoms with E-state index >= 15 is 0 Å². The average Bonchev–Trinajstić information content (AvgIpc) is 2.50. The van der Waals surface area contributed by atoms with Crippen LogP contribution in [0.25, 0.3) is 0 Å². The fraction of sp³-hybridized carbons (Fsp3) is 0.625. The number of amides is 1. The van der Waals surface area contributed by atoms with Crippen molar-refractivity contribution in [1.29, 1.82) is 0 Å². The Morgan fingerprint density at radius 1 is 1.50 bits per heavy atom. The normalized spacial score (nSPS) is 19.1. The van der Waals surface area contributed by atoms with Crippen molar-refractivity contribution >= 4 is 5.91 Å². The van der Waals surface area contributed by atoms with Gasteiger partial charge >= 0.3 is 0 Å². The van der Waals surface area contributed by atoms with Crippen LogP contribution in [-0.4, -0.2) is 55.7 Å². The van der Waals surface area contributed by atoms with Gasteiger partial charge in [0.05, 0.1) is 6.61 Å². The first-order valence-corrected chi connectivity index (χ1v) is 7.79. The molecule has 2 heterocycles. The maximum absolute atomic E-state index is 12.1. The minimum atomic E-state index is -0.242. The van der Waals surface area contributed by atoms with E-state index in [-0.39, 0.29) is 11.5 Å². The summed E-state index contributed by atoms with van der Waals surface area (Å²) in [6.45, 7) is 6.18. The van der Waals surface area contributed by atoms with Gasteiger partial charge in [0.1, 0.15) is 0 Å². The van der Waals surface area contributed by atoms with Gasteiger partial charge in [0.25, 0.3) is 5.91 Å². The van der Waals surface area contributed by atoms with Crippen molar-refractivity contribution in [2.24, 2.45) is 5.92 Å². The number of piperidine rings is 1. The zero-order chi connectivity index (χ0) is 15.9. The molecule has 1 fully saturated rings. The Morgan fingerprint density at radius 2 is 2.32 bits per heavy atom. The van der Waals surface area contributed by atoms with Gasteiger partial charge in [-0.25, -0.2) is 0 Å². The SMILES string of the molecule is COCCN1CCCC(CNC(=O)c2cc(C)[nH]c(=O)c2)C1. The minimum absolute atomic E-state index is 0.178. The lowest BCUT2D eigenvalue weighted by Crippen LogP contribution is -2.42. The summed E-state index contributed by atoms with van der Waals surface area (Å²) in [7, 11) is 1.71. The first-order chi connectivity index (χ1) is 10.6. The molecule has 6 heteroatoms. The number of H-pyrrole nitrogens is 1. The lowest BCUT2D eigenvalue weighted by molar-refractivity contribution is 0.0913. The Bertz CT molecular complexity index is 556. The largest absolute Gasteiger partial charge is 0.383 e. The van der Waals surface area contributed by atoms with E-state index in [1.807, 2.05) is 0 Å². The van der Waals surface area contributed by atoms with Gasteiger partial charge in [0, 0.05) is 44.1 Å². The summed E-state index contributed by atoms with van der Waals surface area (Å²) in [5.41, 5.74) is 0.878. The van der Waals surface area contributed by atoms with Gasteiger partial charge in [0.15, 0.2) is 0 Å². The standard InChI is InChI=1S/C16H25N3O3/c1-12-8-14(9-15(20)18-12)16(21)17-10-13-4-3-5-19(11-13)6-7-22-2/h8-9,13H,3-7,10-11H2,1-2H3,(H,17,21)(H,18,20). The smallest absolute Gasteiger partial charge is 0.251 e. The van der Waals surface area contributed by atoms with Crippen molar-refractivity contribution in [2.45, 2.75) is 19.8 Å². The van der Waals surface area contributed by atoms with Gasteiger partial charge in [-0.3, -0.25) is 9.59 Å². The van der Waals surface area contributed by atoms with Crippen LogP contribution in [0.4, 0.5) is 0 Å². The molecule has 122 valence electrons. The van der Waals surface area contributed by atoms with Crippen LogP contribution in [-0.2, 0) is 4.74 Å². The predicted octanol–water partition coefficient (Wildman–Crippen LogP) is 0.772. The number of carbonyl (C=O) groups is 1. The minimum Gasteiger partial charge on any atom is -0.383 e. The number of hydrogen-bond donors (Lipinski definition) is 2. The molecule has 1 aromatic heterocycles. The first kappa shape index (κ1) is 16.7. The summed E-state index contributed by atoms with van der Waals surface area (Å²) in [6.07, 6.45) is 2.27. The number of hydrogen-bond acceptors (Lipinski definition) is 4. The summed E-state index contributed by atoms with van der Waals surface area (Å²) in [4.78, 5) is 28.6. The van der Waals surface area contributed by atoms with Gasteiger partial charge in [0.2, 0.25) is 5.56 Å². The van der Waals surface area contributed by atoms with Crippen LogP contribution in [0.3, 0.4) is 0 Å². The molecule has 0 radical (unpaired) electrons. The maximum atomic E-state index is 12.1. The summed E-state index contributed by atoms with van der Waals surface area (Å²) in [5, 5.41) is 2.95. The van der Waals surface area contributed by atoms with E-state index in [1.165, 1.54) is 6.07 Å². The van der Waals surface area contributed by atoms with Crippen LogP contribution >= 0.6 is 0 Å². The van der Waals surface area contributed by atoms with E-state index in [4.69, 9.17) is 4.74 Å². The number of rotatable bonds is 6. The molecule has 0 aromatic carbocycles. The number of aromatic nitrogens is 1. The maximum Gasteiger partial charge on any atom is 0.251 e. The molecule has 1 amide bonds. The summed E-state index contributed by atoms with van der Waals surface area (Å²) in [5.74, 6) is 0.279. The molecule has 1 unspecified atom stereocenters. The van der Waals surface area contributed by atoms with Gasteiger partial charge in [-0.1, -0.05) is 0 Å². The van der Waals surface area contributed by atoms with Crippen LogP contribution in [0.5, 0.6) is 0 Å². The van der Waals surface area contributed by atoms with Crippen molar-refractivity contribution in [3.8, 4) is 0 Å². The Labute approximate surface area is 130 Å².